The summed E-state index contributed by atoms with van der Waals surface area (Å²) < 4.78 is 0. The van der Waals surface area contributed by atoms with E-state index in [1.54, 1.807) is 25.1 Å². The van der Waals surface area contributed by atoms with Gasteiger partial charge in [0.2, 0.25) is 5.91 Å². The standard InChI is InChI=1S/C15H21ClN2O2/c1-4-13(19)12-7-5-6-11(15(12)16)10-14(20)17-8-9-18(2)3/h5-7H,4,8-10H2,1-3H3,(H,17,20). The molecule has 0 saturated heterocycles. The highest BCUT2D eigenvalue weighted by Crippen LogP contribution is 2.22. The fraction of sp³-hybridized carbons (Fsp3) is 0.467. The van der Waals surface area contributed by atoms with E-state index >= 15 is 0 Å². The smallest absolute Gasteiger partial charge is 0.224 e. The largest absolute Gasteiger partial charge is 0.355 e. The van der Waals surface area contributed by atoms with E-state index in [9.17, 15) is 9.59 Å². The zero-order chi connectivity index (χ0) is 15.1. The van der Waals surface area contributed by atoms with Gasteiger partial charge in [0, 0.05) is 25.1 Å². The van der Waals surface area contributed by atoms with Gasteiger partial charge in [-0.05, 0) is 25.7 Å². The van der Waals surface area contributed by atoms with Crippen molar-refractivity contribution in [3.8, 4) is 0 Å². The van der Waals surface area contributed by atoms with Gasteiger partial charge in [0.25, 0.3) is 0 Å². The number of likely N-dealkylation sites (N-methyl/N-ethyl adjacent to an activating group) is 1. The van der Waals surface area contributed by atoms with Crippen LogP contribution in [0.4, 0.5) is 0 Å². The van der Waals surface area contributed by atoms with Crippen LogP contribution in [0.15, 0.2) is 18.2 Å². The number of Topliss-reactive ketones (excluding diaryl/α,β-unsaturated/α-hetero) is 1. The molecule has 1 aromatic rings. The van der Waals surface area contributed by atoms with Crippen LogP contribution in [0.25, 0.3) is 0 Å². The maximum absolute atomic E-state index is 11.8. The second-order valence-electron chi connectivity index (χ2n) is 4.89. The van der Waals surface area contributed by atoms with Gasteiger partial charge in [-0.2, -0.15) is 0 Å². The minimum atomic E-state index is -0.0881. The lowest BCUT2D eigenvalue weighted by Gasteiger charge is -2.11. The summed E-state index contributed by atoms with van der Waals surface area (Å²) >= 11 is 6.20. The lowest BCUT2D eigenvalue weighted by Crippen LogP contribution is -2.32. The number of rotatable bonds is 7. The van der Waals surface area contributed by atoms with Crippen molar-refractivity contribution in [3.05, 3.63) is 34.3 Å². The Kier molecular flexibility index (Phi) is 6.68. The number of hydrogen-bond donors (Lipinski definition) is 1. The first-order valence-electron chi connectivity index (χ1n) is 6.67. The first-order chi connectivity index (χ1) is 9.45. The number of carbonyl (C=O) groups excluding carboxylic acids is 2. The maximum atomic E-state index is 11.8. The second kappa shape index (κ2) is 8.02. The van der Waals surface area contributed by atoms with E-state index in [-0.39, 0.29) is 18.1 Å². The number of amides is 1. The molecule has 0 aliphatic carbocycles. The van der Waals surface area contributed by atoms with Crippen molar-refractivity contribution >= 4 is 23.3 Å². The van der Waals surface area contributed by atoms with E-state index in [1.807, 2.05) is 19.0 Å². The Labute approximate surface area is 125 Å². The van der Waals surface area contributed by atoms with Crippen molar-refractivity contribution in [2.24, 2.45) is 0 Å². The molecule has 0 spiro atoms. The number of benzene rings is 1. The molecule has 110 valence electrons. The van der Waals surface area contributed by atoms with E-state index in [0.717, 1.165) is 6.54 Å². The van der Waals surface area contributed by atoms with E-state index in [2.05, 4.69) is 5.32 Å². The number of carbonyl (C=O) groups is 2. The monoisotopic (exact) mass is 296 g/mol. The summed E-state index contributed by atoms with van der Waals surface area (Å²) in [7, 11) is 3.89. The molecule has 0 heterocycles. The van der Waals surface area contributed by atoms with Gasteiger partial charge in [-0.1, -0.05) is 30.7 Å². The summed E-state index contributed by atoms with van der Waals surface area (Å²) in [5.41, 5.74) is 1.18. The number of nitrogens with one attached hydrogen (secondary N) is 1. The molecule has 0 unspecified atom stereocenters. The predicted octanol–water partition coefficient (Wildman–Crippen LogP) is 2.15. The molecule has 5 heteroatoms. The zero-order valence-electron chi connectivity index (χ0n) is 12.2. The van der Waals surface area contributed by atoms with Crippen LogP contribution >= 0.6 is 11.6 Å². The lowest BCUT2D eigenvalue weighted by atomic mass is 10.0. The van der Waals surface area contributed by atoms with Crippen molar-refractivity contribution < 1.29 is 9.59 Å². The van der Waals surface area contributed by atoms with Gasteiger partial charge in [-0.3, -0.25) is 9.59 Å². The molecule has 0 aliphatic heterocycles. The fourth-order valence-corrected chi connectivity index (χ4v) is 2.07. The number of ketones is 1. The summed E-state index contributed by atoms with van der Waals surface area (Å²) in [5.74, 6) is -0.0975. The van der Waals surface area contributed by atoms with E-state index in [0.29, 0.717) is 29.1 Å². The average Bonchev–Trinajstić information content (AvgIpc) is 2.40. The molecule has 1 N–H and O–H groups in total. The van der Waals surface area contributed by atoms with E-state index in [1.165, 1.54) is 0 Å². The normalized spacial score (nSPS) is 10.7. The predicted molar refractivity (Wildman–Crippen MR) is 81.3 cm³/mol. The third kappa shape index (κ3) is 4.94. The number of hydrogen-bond acceptors (Lipinski definition) is 3. The Morgan fingerprint density at radius 1 is 1.30 bits per heavy atom. The van der Waals surface area contributed by atoms with Gasteiger partial charge in [-0.15, -0.1) is 0 Å². The first-order valence-corrected chi connectivity index (χ1v) is 7.05. The van der Waals surface area contributed by atoms with Crippen LogP contribution in [0.1, 0.15) is 29.3 Å². The Balaban J connectivity index is 2.68. The number of halogens is 1. The minimum Gasteiger partial charge on any atom is -0.355 e. The highest BCUT2D eigenvalue weighted by molar-refractivity contribution is 6.34. The van der Waals surface area contributed by atoms with Crippen molar-refractivity contribution in [2.45, 2.75) is 19.8 Å². The van der Waals surface area contributed by atoms with Gasteiger partial charge in [0.05, 0.1) is 11.4 Å². The molecule has 0 aromatic heterocycles. The van der Waals surface area contributed by atoms with Crippen molar-refractivity contribution in [2.75, 3.05) is 27.2 Å². The van der Waals surface area contributed by atoms with Crippen LogP contribution in [0.2, 0.25) is 5.02 Å². The molecule has 1 amide bonds. The van der Waals surface area contributed by atoms with Crippen LogP contribution in [0, 0.1) is 0 Å². The molecule has 1 aromatic carbocycles. The van der Waals surface area contributed by atoms with E-state index < -0.39 is 0 Å². The maximum Gasteiger partial charge on any atom is 0.224 e. The van der Waals surface area contributed by atoms with E-state index in [4.69, 9.17) is 11.6 Å². The zero-order valence-corrected chi connectivity index (χ0v) is 13.0. The Morgan fingerprint density at radius 2 is 2.00 bits per heavy atom. The molecule has 20 heavy (non-hydrogen) atoms. The second-order valence-corrected chi connectivity index (χ2v) is 5.26. The van der Waals surface area contributed by atoms with Crippen LogP contribution in [-0.4, -0.2) is 43.8 Å². The Hall–Kier alpha value is -1.39. The lowest BCUT2D eigenvalue weighted by molar-refractivity contribution is -0.120. The van der Waals surface area contributed by atoms with Crippen LogP contribution in [-0.2, 0) is 11.2 Å². The molecule has 1 rings (SSSR count). The highest BCUT2D eigenvalue weighted by Gasteiger charge is 2.13. The molecule has 0 bridgehead atoms. The Bertz CT molecular complexity index is 487. The summed E-state index contributed by atoms with van der Waals surface area (Å²) in [6, 6.07) is 5.24. The summed E-state index contributed by atoms with van der Waals surface area (Å²) in [5, 5.41) is 3.22. The highest BCUT2D eigenvalue weighted by atomic mass is 35.5. The van der Waals surface area contributed by atoms with Crippen molar-refractivity contribution in [1.82, 2.24) is 10.2 Å². The van der Waals surface area contributed by atoms with Gasteiger partial charge < -0.3 is 10.2 Å². The minimum absolute atomic E-state index is 0.00938. The molecule has 0 aliphatic rings. The molecule has 0 radical (unpaired) electrons. The molecule has 0 fully saturated rings. The summed E-state index contributed by atoms with van der Waals surface area (Å²) in [6.45, 7) is 3.17. The molecule has 0 atom stereocenters. The molecule has 0 saturated carbocycles. The van der Waals surface area contributed by atoms with Gasteiger partial charge in [0.15, 0.2) is 5.78 Å². The average molecular weight is 297 g/mol. The summed E-state index contributed by atoms with van der Waals surface area (Å²) in [6.07, 6.45) is 0.593. The SMILES string of the molecule is CCC(=O)c1cccc(CC(=O)NCCN(C)C)c1Cl. The van der Waals surface area contributed by atoms with Crippen molar-refractivity contribution in [1.29, 1.82) is 0 Å². The summed E-state index contributed by atoms with van der Waals surface area (Å²) in [4.78, 5) is 25.5. The molecule has 4 nitrogen and oxygen atoms in total. The fourth-order valence-electron chi connectivity index (χ4n) is 1.78. The van der Waals surface area contributed by atoms with Crippen LogP contribution in [0.3, 0.4) is 0 Å². The Morgan fingerprint density at radius 3 is 2.60 bits per heavy atom. The third-order valence-corrected chi connectivity index (χ3v) is 3.38. The van der Waals surface area contributed by atoms with Crippen molar-refractivity contribution in [3.63, 3.8) is 0 Å². The van der Waals surface area contributed by atoms with Gasteiger partial charge in [0.1, 0.15) is 0 Å². The third-order valence-electron chi connectivity index (χ3n) is 2.93. The van der Waals surface area contributed by atoms with Crippen LogP contribution in [0.5, 0.6) is 0 Å². The first kappa shape index (κ1) is 16.7. The topological polar surface area (TPSA) is 49.4 Å². The number of nitrogens with zero attached hydrogens (tertiary/aromatic N) is 1. The van der Waals surface area contributed by atoms with Gasteiger partial charge >= 0.3 is 0 Å². The van der Waals surface area contributed by atoms with Gasteiger partial charge in [-0.25, -0.2) is 0 Å². The van der Waals surface area contributed by atoms with Crippen LogP contribution < -0.4 is 5.32 Å². The molecular weight excluding hydrogens is 276 g/mol. The quantitative estimate of drug-likeness (QED) is 0.785. The molecular formula is C15H21ClN2O2.